The molecule has 2 aromatic carbocycles. The Morgan fingerprint density at radius 3 is 2.12 bits per heavy atom. The van der Waals surface area contributed by atoms with Crippen molar-refractivity contribution in [3.8, 4) is 0 Å². The van der Waals surface area contributed by atoms with E-state index in [9.17, 15) is 13.2 Å². The largest absolute Gasteiger partial charge is 0.204 e. The summed E-state index contributed by atoms with van der Waals surface area (Å²) in [6, 6.07) is 11.3. The van der Waals surface area contributed by atoms with Crippen LogP contribution in [0.5, 0.6) is 0 Å². The summed E-state index contributed by atoms with van der Waals surface area (Å²) >= 11 is 0. The topological polar surface area (TPSA) is 0 Å². The van der Waals surface area contributed by atoms with Gasteiger partial charge in [-0.1, -0.05) is 42.5 Å². The molecule has 0 saturated carbocycles. The summed E-state index contributed by atoms with van der Waals surface area (Å²) in [4.78, 5) is 0. The maximum absolute atomic E-state index is 13.3. The van der Waals surface area contributed by atoms with Gasteiger partial charge in [0.1, 0.15) is 0 Å². The molecule has 0 aliphatic rings. The minimum atomic E-state index is -1.44. The first-order valence-electron chi connectivity index (χ1n) is 5.05. The first-order valence-corrected chi connectivity index (χ1v) is 5.05. The lowest BCUT2D eigenvalue weighted by atomic mass is 10.1. The molecule has 17 heavy (non-hydrogen) atoms. The maximum atomic E-state index is 13.3. The van der Waals surface area contributed by atoms with Crippen molar-refractivity contribution in [2.24, 2.45) is 0 Å². The average molecular weight is 234 g/mol. The van der Waals surface area contributed by atoms with Crippen LogP contribution in [0.3, 0.4) is 0 Å². The lowest BCUT2D eigenvalue weighted by Crippen LogP contribution is -1.92. The molecule has 0 amide bonds. The second-order valence-electron chi connectivity index (χ2n) is 3.51. The molecule has 0 heterocycles. The van der Waals surface area contributed by atoms with Crippen molar-refractivity contribution in [1.82, 2.24) is 0 Å². The summed E-state index contributed by atoms with van der Waals surface area (Å²) < 4.78 is 38.9. The van der Waals surface area contributed by atoms with E-state index in [1.54, 1.807) is 6.08 Å². The summed E-state index contributed by atoms with van der Waals surface area (Å²) in [5, 5.41) is 0. The third kappa shape index (κ3) is 2.56. The third-order valence-corrected chi connectivity index (χ3v) is 2.32. The van der Waals surface area contributed by atoms with Crippen LogP contribution in [0, 0.1) is 17.5 Å². The van der Waals surface area contributed by atoms with E-state index in [4.69, 9.17) is 0 Å². The van der Waals surface area contributed by atoms with Gasteiger partial charge in [0.25, 0.3) is 0 Å². The highest BCUT2D eigenvalue weighted by Crippen LogP contribution is 2.17. The van der Waals surface area contributed by atoms with Gasteiger partial charge >= 0.3 is 0 Å². The highest BCUT2D eigenvalue weighted by atomic mass is 19.2. The molecule has 86 valence electrons. The zero-order valence-electron chi connectivity index (χ0n) is 8.83. The van der Waals surface area contributed by atoms with Gasteiger partial charge in [0.15, 0.2) is 17.5 Å². The molecule has 0 unspecified atom stereocenters. The van der Waals surface area contributed by atoms with Crippen molar-refractivity contribution < 1.29 is 13.2 Å². The summed E-state index contributed by atoms with van der Waals surface area (Å²) in [7, 11) is 0. The van der Waals surface area contributed by atoms with Crippen LogP contribution in [0.15, 0.2) is 42.5 Å². The maximum Gasteiger partial charge on any atom is 0.195 e. The van der Waals surface area contributed by atoms with Crippen molar-refractivity contribution in [2.45, 2.75) is 0 Å². The van der Waals surface area contributed by atoms with Crippen molar-refractivity contribution in [3.63, 3.8) is 0 Å². The van der Waals surface area contributed by atoms with E-state index in [0.717, 1.165) is 11.6 Å². The van der Waals surface area contributed by atoms with E-state index in [1.807, 2.05) is 30.3 Å². The smallest absolute Gasteiger partial charge is 0.195 e. The van der Waals surface area contributed by atoms with Crippen molar-refractivity contribution in [3.05, 3.63) is 71.0 Å². The van der Waals surface area contributed by atoms with E-state index in [-0.39, 0.29) is 5.56 Å². The Morgan fingerprint density at radius 2 is 1.41 bits per heavy atom. The van der Waals surface area contributed by atoms with Gasteiger partial charge in [-0.15, -0.1) is 0 Å². The number of halogens is 3. The first kappa shape index (κ1) is 11.5. The lowest BCUT2D eigenvalue weighted by molar-refractivity contribution is 0.446. The fraction of sp³-hybridized carbons (Fsp3) is 0. The standard InChI is InChI=1S/C14H9F3/c15-12-9-8-11(13(16)14(12)17)7-6-10-4-2-1-3-5-10/h1-9H. The minimum absolute atomic E-state index is 0.0211. The van der Waals surface area contributed by atoms with E-state index < -0.39 is 17.5 Å². The average Bonchev–Trinajstić information content (AvgIpc) is 2.36. The van der Waals surface area contributed by atoms with Gasteiger partial charge in [0, 0.05) is 5.56 Å². The monoisotopic (exact) mass is 234 g/mol. The lowest BCUT2D eigenvalue weighted by Gasteiger charge is -1.99. The van der Waals surface area contributed by atoms with Gasteiger partial charge in [-0.05, 0) is 17.7 Å². The highest BCUT2D eigenvalue weighted by Gasteiger charge is 2.10. The van der Waals surface area contributed by atoms with Crippen LogP contribution in [0.25, 0.3) is 12.2 Å². The summed E-state index contributed by atoms with van der Waals surface area (Å²) in [5.74, 6) is -3.79. The number of rotatable bonds is 2. The Kier molecular flexibility index (Phi) is 3.28. The molecular formula is C14H9F3. The van der Waals surface area contributed by atoms with Crippen LogP contribution in [-0.2, 0) is 0 Å². The first-order chi connectivity index (χ1) is 8.18. The van der Waals surface area contributed by atoms with Crippen molar-refractivity contribution in [2.75, 3.05) is 0 Å². The predicted molar refractivity (Wildman–Crippen MR) is 61.7 cm³/mol. The fourth-order valence-corrected chi connectivity index (χ4v) is 1.42. The van der Waals surface area contributed by atoms with E-state index >= 15 is 0 Å². The Balaban J connectivity index is 2.31. The van der Waals surface area contributed by atoms with E-state index in [0.29, 0.717) is 0 Å². The Labute approximate surface area is 97.0 Å². The molecule has 0 fully saturated rings. The molecule has 3 heteroatoms. The van der Waals surface area contributed by atoms with E-state index in [1.165, 1.54) is 12.1 Å². The second-order valence-corrected chi connectivity index (χ2v) is 3.51. The molecule has 0 atom stereocenters. The normalized spacial score (nSPS) is 11.0. The minimum Gasteiger partial charge on any atom is -0.204 e. The van der Waals surface area contributed by atoms with Gasteiger partial charge in [-0.2, -0.15) is 0 Å². The third-order valence-electron chi connectivity index (χ3n) is 2.32. The zero-order chi connectivity index (χ0) is 12.3. The van der Waals surface area contributed by atoms with Crippen molar-refractivity contribution >= 4 is 12.2 Å². The summed E-state index contributed by atoms with van der Waals surface area (Å²) in [6.45, 7) is 0. The molecule has 0 N–H and O–H groups in total. The molecule has 2 aromatic rings. The molecule has 0 aliphatic carbocycles. The molecule has 0 aromatic heterocycles. The van der Waals surface area contributed by atoms with Crippen LogP contribution in [-0.4, -0.2) is 0 Å². The predicted octanol–water partition coefficient (Wildman–Crippen LogP) is 4.27. The van der Waals surface area contributed by atoms with Crippen LogP contribution >= 0.6 is 0 Å². The molecule has 0 nitrogen and oxygen atoms in total. The van der Waals surface area contributed by atoms with Crippen LogP contribution in [0.2, 0.25) is 0 Å². The Hall–Kier alpha value is -2.03. The van der Waals surface area contributed by atoms with Crippen LogP contribution < -0.4 is 0 Å². The van der Waals surface area contributed by atoms with Gasteiger partial charge < -0.3 is 0 Å². The van der Waals surface area contributed by atoms with Crippen LogP contribution in [0.4, 0.5) is 13.2 Å². The van der Waals surface area contributed by atoms with Gasteiger partial charge in [-0.25, -0.2) is 13.2 Å². The SMILES string of the molecule is Fc1ccc(C=Cc2ccccc2)c(F)c1F. The summed E-state index contributed by atoms with van der Waals surface area (Å²) in [6.07, 6.45) is 3.04. The molecule has 0 saturated heterocycles. The number of hydrogen-bond donors (Lipinski definition) is 0. The molecule has 2 rings (SSSR count). The van der Waals surface area contributed by atoms with Gasteiger partial charge in [0.05, 0.1) is 0 Å². The molecule has 0 aliphatic heterocycles. The Morgan fingerprint density at radius 1 is 0.706 bits per heavy atom. The highest BCUT2D eigenvalue weighted by molar-refractivity contribution is 5.69. The number of hydrogen-bond acceptors (Lipinski definition) is 0. The molecule has 0 spiro atoms. The van der Waals surface area contributed by atoms with Gasteiger partial charge in [0.2, 0.25) is 0 Å². The second kappa shape index (κ2) is 4.87. The number of benzene rings is 2. The molecule has 0 radical (unpaired) electrons. The Bertz CT molecular complexity index is 545. The van der Waals surface area contributed by atoms with E-state index in [2.05, 4.69) is 0 Å². The quantitative estimate of drug-likeness (QED) is 0.537. The zero-order valence-corrected chi connectivity index (χ0v) is 8.83. The molecular weight excluding hydrogens is 225 g/mol. The summed E-state index contributed by atoms with van der Waals surface area (Å²) in [5.41, 5.74) is 0.879. The van der Waals surface area contributed by atoms with Crippen molar-refractivity contribution in [1.29, 1.82) is 0 Å². The van der Waals surface area contributed by atoms with Gasteiger partial charge in [-0.3, -0.25) is 0 Å². The molecule has 0 bridgehead atoms. The fourth-order valence-electron chi connectivity index (χ4n) is 1.42. The van der Waals surface area contributed by atoms with Crippen LogP contribution in [0.1, 0.15) is 11.1 Å².